The fourth-order valence-corrected chi connectivity index (χ4v) is 3.74. The molecule has 6 heteroatoms. The zero-order valence-electron chi connectivity index (χ0n) is 18.1. The van der Waals surface area contributed by atoms with Crippen LogP contribution in [0.4, 0.5) is 5.69 Å². The Kier molecular flexibility index (Phi) is 6.40. The molecule has 0 aromatic heterocycles. The molecule has 1 aliphatic rings. The molecule has 1 amide bonds. The Bertz CT molecular complexity index is 1060. The normalized spacial score (nSPS) is 17.4. The molecule has 0 N–H and O–H groups in total. The molecule has 0 saturated carbocycles. The van der Waals surface area contributed by atoms with Crippen molar-refractivity contribution >= 4 is 17.6 Å². The van der Waals surface area contributed by atoms with Crippen LogP contribution >= 0.6 is 0 Å². The van der Waals surface area contributed by atoms with Gasteiger partial charge in [0.2, 0.25) is 6.10 Å². The fraction of sp³-hybridized carbons (Fsp3) is 0.231. The van der Waals surface area contributed by atoms with Crippen molar-refractivity contribution in [1.82, 2.24) is 0 Å². The molecular weight excluding hydrogens is 406 g/mol. The number of hydrogen-bond acceptors (Lipinski definition) is 5. The van der Waals surface area contributed by atoms with Crippen LogP contribution in [0.5, 0.6) is 11.5 Å². The SMILES string of the molecule is CCOC(=O)c1ccc(N2C(=O)C(Oc3ccccc3)C2c2ccc(OCC)cc2)cc1. The number of benzene rings is 3. The molecule has 6 nitrogen and oxygen atoms in total. The van der Waals surface area contributed by atoms with Gasteiger partial charge in [0.25, 0.3) is 5.91 Å². The van der Waals surface area contributed by atoms with Crippen molar-refractivity contribution in [1.29, 1.82) is 0 Å². The van der Waals surface area contributed by atoms with Gasteiger partial charge in [-0.1, -0.05) is 30.3 Å². The van der Waals surface area contributed by atoms with E-state index >= 15 is 0 Å². The third kappa shape index (κ3) is 4.30. The van der Waals surface area contributed by atoms with Gasteiger partial charge in [-0.3, -0.25) is 9.69 Å². The second kappa shape index (κ2) is 9.56. The summed E-state index contributed by atoms with van der Waals surface area (Å²) in [4.78, 5) is 26.8. The Morgan fingerprint density at radius 3 is 2.16 bits per heavy atom. The van der Waals surface area contributed by atoms with E-state index in [0.717, 1.165) is 11.3 Å². The molecule has 3 aromatic rings. The van der Waals surface area contributed by atoms with E-state index in [1.807, 2.05) is 61.5 Å². The molecular formula is C26H25NO5. The van der Waals surface area contributed by atoms with Crippen LogP contribution in [-0.2, 0) is 9.53 Å². The molecule has 4 rings (SSSR count). The standard InChI is InChI=1S/C26H25NO5/c1-3-30-21-16-12-18(13-17-21)23-24(32-22-8-6-5-7-9-22)25(28)27(23)20-14-10-19(11-15-20)26(29)31-4-2/h5-17,23-24H,3-4H2,1-2H3. The van der Waals surface area contributed by atoms with Gasteiger partial charge in [-0.05, 0) is 67.9 Å². The van der Waals surface area contributed by atoms with Crippen molar-refractivity contribution in [2.75, 3.05) is 18.1 Å². The van der Waals surface area contributed by atoms with Crippen LogP contribution in [0.25, 0.3) is 0 Å². The molecule has 1 saturated heterocycles. The lowest BCUT2D eigenvalue weighted by Crippen LogP contribution is -2.61. The summed E-state index contributed by atoms with van der Waals surface area (Å²) in [5.74, 6) is 0.880. The smallest absolute Gasteiger partial charge is 0.338 e. The lowest BCUT2D eigenvalue weighted by molar-refractivity contribution is -0.135. The monoisotopic (exact) mass is 431 g/mol. The third-order valence-corrected chi connectivity index (χ3v) is 5.24. The second-order valence-corrected chi connectivity index (χ2v) is 7.27. The maximum Gasteiger partial charge on any atom is 0.338 e. The summed E-state index contributed by atoms with van der Waals surface area (Å²) >= 11 is 0. The summed E-state index contributed by atoms with van der Waals surface area (Å²) < 4.78 is 16.6. The molecule has 32 heavy (non-hydrogen) atoms. The van der Waals surface area contributed by atoms with Crippen LogP contribution in [0.3, 0.4) is 0 Å². The Balaban J connectivity index is 1.62. The topological polar surface area (TPSA) is 65.1 Å². The van der Waals surface area contributed by atoms with E-state index in [9.17, 15) is 9.59 Å². The first-order valence-electron chi connectivity index (χ1n) is 10.7. The Hall–Kier alpha value is -3.80. The highest BCUT2D eigenvalue weighted by atomic mass is 16.5. The lowest BCUT2D eigenvalue weighted by atomic mass is 9.89. The number of hydrogen-bond donors (Lipinski definition) is 0. The minimum Gasteiger partial charge on any atom is -0.494 e. The van der Waals surface area contributed by atoms with Crippen molar-refractivity contribution in [3.63, 3.8) is 0 Å². The predicted molar refractivity (Wildman–Crippen MR) is 121 cm³/mol. The lowest BCUT2D eigenvalue weighted by Gasteiger charge is -2.46. The average molecular weight is 431 g/mol. The largest absolute Gasteiger partial charge is 0.494 e. The van der Waals surface area contributed by atoms with Crippen LogP contribution in [-0.4, -0.2) is 31.2 Å². The molecule has 0 aliphatic carbocycles. The van der Waals surface area contributed by atoms with Gasteiger partial charge in [0, 0.05) is 5.69 Å². The summed E-state index contributed by atoms with van der Waals surface area (Å²) in [5, 5.41) is 0. The number of carbonyl (C=O) groups excluding carboxylic acids is 2. The van der Waals surface area contributed by atoms with Gasteiger partial charge in [0.15, 0.2) is 0 Å². The van der Waals surface area contributed by atoms with Gasteiger partial charge in [-0.2, -0.15) is 0 Å². The number of anilines is 1. The maximum atomic E-state index is 13.1. The highest BCUT2D eigenvalue weighted by molar-refractivity contribution is 6.05. The van der Waals surface area contributed by atoms with E-state index in [1.165, 1.54) is 0 Å². The Morgan fingerprint density at radius 2 is 1.53 bits per heavy atom. The first-order chi connectivity index (χ1) is 15.6. The molecule has 0 radical (unpaired) electrons. The summed E-state index contributed by atoms with van der Waals surface area (Å²) in [6.07, 6.45) is -0.653. The van der Waals surface area contributed by atoms with E-state index in [1.54, 1.807) is 36.1 Å². The Morgan fingerprint density at radius 1 is 0.844 bits per heavy atom. The maximum absolute atomic E-state index is 13.1. The number of carbonyl (C=O) groups is 2. The van der Waals surface area contributed by atoms with Gasteiger partial charge in [0.1, 0.15) is 17.5 Å². The van der Waals surface area contributed by atoms with Crippen molar-refractivity contribution in [2.24, 2.45) is 0 Å². The van der Waals surface area contributed by atoms with Gasteiger partial charge < -0.3 is 14.2 Å². The highest BCUT2D eigenvalue weighted by Gasteiger charge is 2.51. The number of ether oxygens (including phenoxy) is 3. The van der Waals surface area contributed by atoms with E-state index in [2.05, 4.69) is 0 Å². The van der Waals surface area contributed by atoms with Gasteiger partial charge in [-0.25, -0.2) is 4.79 Å². The molecule has 3 aromatic carbocycles. The molecule has 0 spiro atoms. The zero-order valence-corrected chi connectivity index (χ0v) is 18.1. The number of β-lactam (4-membered cyclic amide) rings is 1. The van der Waals surface area contributed by atoms with Gasteiger partial charge >= 0.3 is 5.97 Å². The average Bonchev–Trinajstić information content (AvgIpc) is 2.83. The second-order valence-electron chi connectivity index (χ2n) is 7.27. The van der Waals surface area contributed by atoms with Crippen molar-refractivity contribution in [3.8, 4) is 11.5 Å². The van der Waals surface area contributed by atoms with Crippen LogP contribution in [0.2, 0.25) is 0 Å². The van der Waals surface area contributed by atoms with E-state index in [-0.39, 0.29) is 17.9 Å². The summed E-state index contributed by atoms with van der Waals surface area (Å²) in [5.41, 5.74) is 2.07. The van der Waals surface area contributed by atoms with Crippen LogP contribution in [0.1, 0.15) is 35.8 Å². The molecule has 2 unspecified atom stereocenters. The van der Waals surface area contributed by atoms with E-state index in [4.69, 9.17) is 14.2 Å². The Labute approximate surface area is 187 Å². The van der Waals surface area contributed by atoms with Crippen LogP contribution in [0.15, 0.2) is 78.9 Å². The number of rotatable bonds is 8. The number of esters is 1. The minimum atomic E-state index is -0.653. The molecule has 1 fully saturated rings. The van der Waals surface area contributed by atoms with Crippen LogP contribution < -0.4 is 14.4 Å². The quantitative estimate of drug-likeness (QED) is 0.379. The number of para-hydroxylation sites is 1. The van der Waals surface area contributed by atoms with Gasteiger partial charge in [-0.15, -0.1) is 0 Å². The first-order valence-corrected chi connectivity index (χ1v) is 10.7. The van der Waals surface area contributed by atoms with E-state index < -0.39 is 6.10 Å². The van der Waals surface area contributed by atoms with Crippen molar-refractivity contribution in [2.45, 2.75) is 26.0 Å². The number of nitrogens with zero attached hydrogens (tertiary/aromatic N) is 1. The summed E-state index contributed by atoms with van der Waals surface area (Å²) in [6, 6.07) is 23.5. The summed E-state index contributed by atoms with van der Waals surface area (Å²) in [6.45, 7) is 4.59. The molecule has 0 bridgehead atoms. The minimum absolute atomic E-state index is 0.142. The summed E-state index contributed by atoms with van der Waals surface area (Å²) in [7, 11) is 0. The molecule has 1 heterocycles. The van der Waals surface area contributed by atoms with Gasteiger partial charge in [0.05, 0.1) is 18.8 Å². The third-order valence-electron chi connectivity index (χ3n) is 5.24. The number of amides is 1. The first kappa shape index (κ1) is 21.4. The predicted octanol–water partition coefficient (Wildman–Crippen LogP) is 4.80. The van der Waals surface area contributed by atoms with Crippen LogP contribution in [0, 0.1) is 0 Å². The molecule has 2 atom stereocenters. The van der Waals surface area contributed by atoms with Crippen molar-refractivity contribution in [3.05, 3.63) is 90.0 Å². The zero-order chi connectivity index (χ0) is 22.5. The fourth-order valence-electron chi connectivity index (χ4n) is 3.74. The molecule has 1 aliphatic heterocycles. The highest BCUT2D eigenvalue weighted by Crippen LogP contribution is 2.41. The van der Waals surface area contributed by atoms with E-state index in [0.29, 0.717) is 30.2 Å². The molecule has 164 valence electrons. The van der Waals surface area contributed by atoms with Crippen molar-refractivity contribution < 1.29 is 23.8 Å².